The number of Topliss-reactive ketones (excluding diaryl/α,β-unsaturated/α-hetero) is 1. The van der Waals surface area contributed by atoms with Crippen LogP contribution < -0.4 is 4.74 Å². The SMILES string of the molecule is N#Cc1cc(OC2CN(C(=O)N3CC[C@@H]4OCC(=O)C[C@@H]4C3)C2)ccc1C(F)(F)F. The van der Waals surface area contributed by atoms with Crippen LogP contribution >= 0.6 is 0 Å². The van der Waals surface area contributed by atoms with Crippen LogP contribution in [0.25, 0.3) is 0 Å². The smallest absolute Gasteiger partial charge is 0.417 e. The zero-order valence-electron chi connectivity index (χ0n) is 16.0. The van der Waals surface area contributed by atoms with Crippen molar-refractivity contribution >= 4 is 11.8 Å². The fraction of sp³-hybridized carbons (Fsp3) is 0.550. The van der Waals surface area contributed by atoms with Crippen LogP contribution in [0.1, 0.15) is 24.0 Å². The maximum Gasteiger partial charge on any atom is 0.417 e. The molecule has 4 rings (SSSR count). The normalized spacial score (nSPS) is 24.7. The van der Waals surface area contributed by atoms with E-state index in [9.17, 15) is 22.8 Å². The summed E-state index contributed by atoms with van der Waals surface area (Å²) >= 11 is 0. The number of nitrogens with zero attached hydrogens (tertiary/aromatic N) is 3. The number of hydrogen-bond acceptors (Lipinski definition) is 5. The van der Waals surface area contributed by atoms with Crippen LogP contribution in [0, 0.1) is 17.2 Å². The highest BCUT2D eigenvalue weighted by Crippen LogP contribution is 2.34. The lowest BCUT2D eigenvalue weighted by atomic mass is 9.88. The third-order valence-corrected chi connectivity index (χ3v) is 5.72. The van der Waals surface area contributed by atoms with Gasteiger partial charge in [0.2, 0.25) is 0 Å². The first-order valence-corrected chi connectivity index (χ1v) is 9.69. The molecule has 3 fully saturated rings. The number of carbonyl (C=O) groups is 2. The number of hydrogen-bond donors (Lipinski definition) is 0. The number of likely N-dealkylation sites (tertiary alicyclic amines) is 2. The van der Waals surface area contributed by atoms with Crippen LogP contribution in [-0.4, -0.2) is 66.6 Å². The van der Waals surface area contributed by atoms with E-state index in [1.54, 1.807) is 15.9 Å². The molecule has 1 aromatic carbocycles. The second-order valence-corrected chi connectivity index (χ2v) is 7.83. The summed E-state index contributed by atoms with van der Waals surface area (Å²) in [5, 5.41) is 8.98. The van der Waals surface area contributed by atoms with E-state index in [2.05, 4.69) is 0 Å². The molecule has 0 radical (unpaired) electrons. The van der Waals surface area contributed by atoms with Crippen LogP contribution in [0.2, 0.25) is 0 Å². The number of benzene rings is 1. The lowest BCUT2D eigenvalue weighted by molar-refractivity contribution is -0.140. The number of fused-ring (bicyclic) bond motifs is 1. The van der Waals surface area contributed by atoms with Crippen LogP contribution in [0.3, 0.4) is 0 Å². The number of piperidine rings is 1. The van der Waals surface area contributed by atoms with Gasteiger partial charge in [0.25, 0.3) is 0 Å². The van der Waals surface area contributed by atoms with Gasteiger partial charge in [-0.15, -0.1) is 0 Å². The number of amides is 2. The summed E-state index contributed by atoms with van der Waals surface area (Å²) in [6.07, 6.45) is -3.82. The quantitative estimate of drug-likeness (QED) is 0.730. The number of ketones is 1. The Labute approximate surface area is 170 Å². The Morgan fingerprint density at radius 1 is 1.23 bits per heavy atom. The van der Waals surface area contributed by atoms with Gasteiger partial charge in [-0.25, -0.2) is 4.79 Å². The van der Waals surface area contributed by atoms with Gasteiger partial charge < -0.3 is 19.3 Å². The zero-order chi connectivity index (χ0) is 21.5. The van der Waals surface area contributed by atoms with Crippen molar-refractivity contribution in [2.75, 3.05) is 32.8 Å². The number of urea groups is 1. The Bertz CT molecular complexity index is 892. The minimum absolute atomic E-state index is 0.0215. The van der Waals surface area contributed by atoms with Gasteiger partial charge in [0.1, 0.15) is 18.5 Å². The summed E-state index contributed by atoms with van der Waals surface area (Å²) < 4.78 is 49.8. The molecule has 0 unspecified atom stereocenters. The lowest BCUT2D eigenvalue weighted by Crippen LogP contribution is -2.61. The van der Waals surface area contributed by atoms with Gasteiger partial charge in [-0.05, 0) is 24.6 Å². The largest absolute Gasteiger partial charge is 0.487 e. The maximum absolute atomic E-state index is 12.9. The molecule has 7 nitrogen and oxygen atoms in total. The highest BCUT2D eigenvalue weighted by Gasteiger charge is 2.41. The Morgan fingerprint density at radius 3 is 2.70 bits per heavy atom. The summed E-state index contributed by atoms with van der Waals surface area (Å²) in [6, 6.07) is 4.47. The molecule has 3 heterocycles. The van der Waals surface area contributed by atoms with Crippen molar-refractivity contribution in [2.45, 2.75) is 31.2 Å². The van der Waals surface area contributed by atoms with E-state index in [1.165, 1.54) is 6.07 Å². The molecule has 3 aliphatic heterocycles. The van der Waals surface area contributed by atoms with Crippen LogP contribution in [0.15, 0.2) is 18.2 Å². The molecule has 2 atom stereocenters. The molecule has 1 aromatic rings. The highest BCUT2D eigenvalue weighted by atomic mass is 19.4. The second-order valence-electron chi connectivity index (χ2n) is 7.83. The van der Waals surface area contributed by atoms with Crippen molar-refractivity contribution in [2.24, 2.45) is 5.92 Å². The van der Waals surface area contributed by atoms with E-state index in [4.69, 9.17) is 14.7 Å². The molecule has 0 bridgehead atoms. The molecule has 3 aliphatic rings. The third kappa shape index (κ3) is 4.07. The van der Waals surface area contributed by atoms with Crippen LogP contribution in [0.5, 0.6) is 5.75 Å². The number of ether oxygens (including phenoxy) is 2. The van der Waals surface area contributed by atoms with Gasteiger partial charge in [0, 0.05) is 25.4 Å². The molecule has 30 heavy (non-hydrogen) atoms. The Morgan fingerprint density at radius 2 is 2.00 bits per heavy atom. The van der Waals surface area contributed by atoms with E-state index in [0.717, 1.165) is 12.1 Å². The van der Waals surface area contributed by atoms with Crippen molar-refractivity contribution in [3.8, 4) is 11.8 Å². The van der Waals surface area contributed by atoms with E-state index in [-0.39, 0.29) is 42.3 Å². The first-order chi connectivity index (χ1) is 14.2. The van der Waals surface area contributed by atoms with Gasteiger partial charge in [-0.2, -0.15) is 18.4 Å². The van der Waals surface area contributed by atoms with E-state index in [1.807, 2.05) is 0 Å². The van der Waals surface area contributed by atoms with Gasteiger partial charge in [0.05, 0.1) is 36.4 Å². The molecule has 0 aromatic heterocycles. The average molecular weight is 423 g/mol. The van der Waals surface area contributed by atoms with E-state index in [0.29, 0.717) is 39.0 Å². The monoisotopic (exact) mass is 423 g/mol. The highest BCUT2D eigenvalue weighted by molar-refractivity contribution is 5.81. The molecule has 0 saturated carbocycles. The Kier molecular flexibility index (Phi) is 5.32. The Balaban J connectivity index is 1.30. The molecule has 0 spiro atoms. The van der Waals surface area contributed by atoms with Gasteiger partial charge >= 0.3 is 12.2 Å². The standard InChI is InChI=1S/C20H20F3N3O4/c21-20(22,23)17-2-1-15(6-12(17)7-24)30-16-9-26(10-16)19(28)25-4-3-18-13(8-25)5-14(27)11-29-18/h1-2,6,13,16,18H,3-5,8-11H2/t13-,18+/m1/s1. The van der Waals surface area contributed by atoms with Crippen molar-refractivity contribution in [3.63, 3.8) is 0 Å². The maximum atomic E-state index is 12.9. The topological polar surface area (TPSA) is 82.9 Å². The van der Waals surface area contributed by atoms with Crippen molar-refractivity contribution in [1.82, 2.24) is 9.80 Å². The summed E-state index contributed by atoms with van der Waals surface area (Å²) in [7, 11) is 0. The third-order valence-electron chi connectivity index (χ3n) is 5.72. The number of carbonyl (C=O) groups excluding carboxylic acids is 2. The molecule has 160 valence electrons. The van der Waals surface area contributed by atoms with Crippen molar-refractivity contribution in [3.05, 3.63) is 29.3 Å². The fourth-order valence-corrected chi connectivity index (χ4v) is 4.15. The van der Waals surface area contributed by atoms with Crippen molar-refractivity contribution < 1.29 is 32.2 Å². The summed E-state index contributed by atoms with van der Waals surface area (Å²) in [5.41, 5.74) is -1.50. The Hall–Kier alpha value is -2.80. The molecule has 10 heteroatoms. The van der Waals surface area contributed by atoms with Gasteiger partial charge in [-0.3, -0.25) is 4.79 Å². The predicted molar refractivity (Wildman–Crippen MR) is 96.6 cm³/mol. The molecule has 0 N–H and O–H groups in total. The lowest BCUT2D eigenvalue weighted by Gasteiger charge is -2.45. The number of nitriles is 1. The van der Waals surface area contributed by atoms with Crippen molar-refractivity contribution in [1.29, 1.82) is 5.26 Å². The number of halogens is 3. The van der Waals surface area contributed by atoms with E-state index < -0.39 is 17.3 Å². The number of rotatable bonds is 2. The van der Waals surface area contributed by atoms with E-state index >= 15 is 0 Å². The zero-order valence-corrected chi connectivity index (χ0v) is 16.0. The summed E-state index contributed by atoms with van der Waals surface area (Å²) in [4.78, 5) is 27.6. The minimum Gasteiger partial charge on any atom is -0.487 e. The van der Waals surface area contributed by atoms with Gasteiger partial charge in [-0.1, -0.05) is 0 Å². The summed E-state index contributed by atoms with van der Waals surface area (Å²) in [6.45, 7) is 1.80. The van der Waals surface area contributed by atoms with Crippen LogP contribution in [-0.2, 0) is 15.7 Å². The first kappa shape index (κ1) is 20.5. The van der Waals surface area contributed by atoms with Gasteiger partial charge in [0.15, 0.2) is 5.78 Å². The average Bonchev–Trinajstić information content (AvgIpc) is 2.68. The van der Waals surface area contributed by atoms with Crippen LogP contribution in [0.4, 0.5) is 18.0 Å². The molecular formula is C20H20F3N3O4. The molecular weight excluding hydrogens is 403 g/mol. The second kappa shape index (κ2) is 7.80. The molecule has 2 amide bonds. The number of alkyl halides is 3. The first-order valence-electron chi connectivity index (χ1n) is 9.69. The predicted octanol–water partition coefficient (Wildman–Crippen LogP) is 2.44. The fourth-order valence-electron chi connectivity index (χ4n) is 4.15. The minimum atomic E-state index is -4.61. The molecule has 3 saturated heterocycles. The molecule has 0 aliphatic carbocycles. The summed E-state index contributed by atoms with van der Waals surface area (Å²) in [5.74, 6) is 0.236.